The predicted octanol–water partition coefficient (Wildman–Crippen LogP) is 2.65. The minimum absolute atomic E-state index is 0.359. The van der Waals surface area contributed by atoms with Gasteiger partial charge in [-0.1, -0.05) is 24.9 Å². The molecule has 4 heteroatoms. The number of primary amides is 1. The number of unbranched alkanes of at least 4 members (excludes halogenated alkanes) is 1. The fraction of sp³-hybridized carbons (Fsp3) is 0.364. The maximum atomic E-state index is 11.0. The van der Waals surface area contributed by atoms with Gasteiger partial charge in [0.1, 0.15) is 0 Å². The Morgan fingerprint density at radius 1 is 1.53 bits per heavy atom. The Morgan fingerprint density at radius 3 is 2.87 bits per heavy atom. The van der Waals surface area contributed by atoms with Crippen LogP contribution in [0.1, 0.15) is 30.1 Å². The van der Waals surface area contributed by atoms with E-state index in [-0.39, 0.29) is 0 Å². The van der Waals surface area contributed by atoms with Crippen LogP contribution in [0.5, 0.6) is 0 Å². The summed E-state index contributed by atoms with van der Waals surface area (Å²) in [6.45, 7) is 3.01. The van der Waals surface area contributed by atoms with Crippen LogP contribution in [0.3, 0.4) is 0 Å². The van der Waals surface area contributed by atoms with E-state index >= 15 is 0 Å². The van der Waals surface area contributed by atoms with Gasteiger partial charge in [-0.25, -0.2) is 0 Å². The molecule has 82 valence electrons. The van der Waals surface area contributed by atoms with Crippen molar-refractivity contribution in [3.8, 4) is 0 Å². The van der Waals surface area contributed by atoms with Gasteiger partial charge in [-0.3, -0.25) is 4.79 Å². The molecule has 0 saturated heterocycles. The summed E-state index contributed by atoms with van der Waals surface area (Å²) in [7, 11) is 0. The largest absolute Gasteiger partial charge is 0.385 e. The summed E-state index contributed by atoms with van der Waals surface area (Å²) in [5.41, 5.74) is 6.42. The highest BCUT2D eigenvalue weighted by molar-refractivity contribution is 6.33. The van der Waals surface area contributed by atoms with Gasteiger partial charge in [-0.2, -0.15) is 0 Å². The van der Waals surface area contributed by atoms with Gasteiger partial charge in [0.2, 0.25) is 5.91 Å². The van der Waals surface area contributed by atoms with Crippen LogP contribution in [0.2, 0.25) is 5.02 Å². The lowest BCUT2D eigenvalue weighted by Crippen LogP contribution is -2.12. The number of nitrogens with one attached hydrogen (secondary N) is 1. The lowest BCUT2D eigenvalue weighted by atomic mass is 10.2. The topological polar surface area (TPSA) is 55.1 Å². The fourth-order valence-electron chi connectivity index (χ4n) is 1.23. The molecule has 0 atom stereocenters. The van der Waals surface area contributed by atoms with E-state index in [4.69, 9.17) is 17.3 Å². The normalized spacial score (nSPS) is 10.0. The molecule has 0 aromatic heterocycles. The Labute approximate surface area is 94.6 Å². The number of benzene rings is 1. The van der Waals surface area contributed by atoms with E-state index in [9.17, 15) is 4.79 Å². The minimum Gasteiger partial charge on any atom is -0.385 e. The number of rotatable bonds is 5. The van der Waals surface area contributed by atoms with Gasteiger partial charge in [0.05, 0.1) is 10.6 Å². The van der Waals surface area contributed by atoms with Crippen molar-refractivity contribution in [3.63, 3.8) is 0 Å². The minimum atomic E-state index is -0.501. The zero-order valence-electron chi connectivity index (χ0n) is 8.72. The molecule has 0 heterocycles. The van der Waals surface area contributed by atoms with E-state index < -0.39 is 5.91 Å². The summed E-state index contributed by atoms with van der Waals surface area (Å²) >= 11 is 5.82. The lowest BCUT2D eigenvalue weighted by Gasteiger charge is -2.07. The molecule has 1 amide bonds. The molecule has 1 rings (SSSR count). The third-order valence-electron chi connectivity index (χ3n) is 2.09. The quantitative estimate of drug-likeness (QED) is 0.759. The Bertz CT molecular complexity index is 352. The van der Waals surface area contributed by atoms with Gasteiger partial charge < -0.3 is 11.1 Å². The standard InChI is InChI=1S/C11H15ClN2O/c1-2-3-6-14-8-4-5-10(12)9(7-8)11(13)15/h4-5,7,14H,2-3,6H2,1H3,(H2,13,15). The number of nitrogens with two attached hydrogens (primary N) is 1. The van der Waals surface area contributed by atoms with Crippen molar-refractivity contribution in [3.05, 3.63) is 28.8 Å². The molecule has 0 spiro atoms. The smallest absolute Gasteiger partial charge is 0.250 e. The van der Waals surface area contributed by atoms with E-state index in [2.05, 4.69) is 12.2 Å². The van der Waals surface area contributed by atoms with E-state index in [1.165, 1.54) is 0 Å². The van der Waals surface area contributed by atoms with Crippen LogP contribution in [0.15, 0.2) is 18.2 Å². The van der Waals surface area contributed by atoms with E-state index in [0.717, 1.165) is 25.1 Å². The Morgan fingerprint density at radius 2 is 2.27 bits per heavy atom. The predicted molar refractivity (Wildman–Crippen MR) is 63.4 cm³/mol. The van der Waals surface area contributed by atoms with Crippen LogP contribution in [0, 0.1) is 0 Å². The zero-order chi connectivity index (χ0) is 11.3. The molecule has 0 aliphatic rings. The van der Waals surface area contributed by atoms with Crippen LogP contribution in [0.25, 0.3) is 0 Å². The molecular weight excluding hydrogens is 212 g/mol. The molecule has 1 aromatic carbocycles. The first kappa shape index (κ1) is 11.9. The van der Waals surface area contributed by atoms with Gasteiger partial charge in [0, 0.05) is 12.2 Å². The first-order valence-corrected chi connectivity index (χ1v) is 5.36. The monoisotopic (exact) mass is 226 g/mol. The maximum absolute atomic E-state index is 11.0. The molecule has 1 aromatic rings. The van der Waals surface area contributed by atoms with Gasteiger partial charge >= 0.3 is 0 Å². The molecule has 0 aliphatic heterocycles. The molecule has 3 nitrogen and oxygen atoms in total. The molecule has 0 bridgehead atoms. The van der Waals surface area contributed by atoms with Gasteiger partial charge in [0.15, 0.2) is 0 Å². The van der Waals surface area contributed by atoms with Crippen molar-refractivity contribution in [2.45, 2.75) is 19.8 Å². The van der Waals surface area contributed by atoms with Crippen molar-refractivity contribution in [2.24, 2.45) is 5.73 Å². The first-order valence-electron chi connectivity index (χ1n) is 4.98. The molecule has 0 radical (unpaired) electrons. The highest BCUT2D eigenvalue weighted by Gasteiger charge is 2.06. The summed E-state index contributed by atoms with van der Waals surface area (Å²) < 4.78 is 0. The van der Waals surface area contributed by atoms with E-state index in [1.807, 2.05) is 6.07 Å². The number of hydrogen-bond acceptors (Lipinski definition) is 2. The van der Waals surface area contributed by atoms with Crippen molar-refractivity contribution in [1.82, 2.24) is 0 Å². The van der Waals surface area contributed by atoms with Crippen molar-refractivity contribution in [2.75, 3.05) is 11.9 Å². The third kappa shape index (κ3) is 3.44. The summed E-state index contributed by atoms with van der Waals surface area (Å²) in [5.74, 6) is -0.501. The Hall–Kier alpha value is -1.22. The van der Waals surface area contributed by atoms with Crippen LogP contribution in [0.4, 0.5) is 5.69 Å². The average molecular weight is 227 g/mol. The molecular formula is C11H15ClN2O. The highest BCUT2D eigenvalue weighted by atomic mass is 35.5. The Balaban J connectivity index is 2.74. The van der Waals surface area contributed by atoms with Crippen LogP contribution in [-0.4, -0.2) is 12.5 Å². The van der Waals surface area contributed by atoms with Crippen molar-refractivity contribution in [1.29, 1.82) is 0 Å². The molecule has 3 N–H and O–H groups in total. The highest BCUT2D eigenvalue weighted by Crippen LogP contribution is 2.20. The SMILES string of the molecule is CCCCNc1ccc(Cl)c(C(N)=O)c1. The Kier molecular flexibility index (Phi) is 4.43. The number of carbonyl (C=O) groups is 1. The second-order valence-corrected chi connectivity index (χ2v) is 3.75. The van der Waals surface area contributed by atoms with Crippen molar-refractivity contribution >= 4 is 23.2 Å². The lowest BCUT2D eigenvalue weighted by molar-refractivity contribution is 0.100. The second-order valence-electron chi connectivity index (χ2n) is 3.34. The molecule has 15 heavy (non-hydrogen) atoms. The summed E-state index contributed by atoms with van der Waals surface area (Å²) in [5, 5.41) is 3.59. The number of halogens is 1. The zero-order valence-corrected chi connectivity index (χ0v) is 9.47. The van der Waals surface area contributed by atoms with Gasteiger partial charge in [-0.05, 0) is 24.6 Å². The van der Waals surface area contributed by atoms with Crippen LogP contribution in [-0.2, 0) is 0 Å². The average Bonchev–Trinajstić information content (AvgIpc) is 2.20. The second kappa shape index (κ2) is 5.61. The van der Waals surface area contributed by atoms with E-state index in [0.29, 0.717) is 10.6 Å². The molecule has 0 fully saturated rings. The molecule has 0 aliphatic carbocycles. The summed E-state index contributed by atoms with van der Waals surface area (Å²) in [4.78, 5) is 11.0. The molecule has 0 unspecified atom stereocenters. The van der Waals surface area contributed by atoms with Crippen LogP contribution >= 0.6 is 11.6 Å². The summed E-state index contributed by atoms with van der Waals surface area (Å²) in [6, 6.07) is 5.20. The first-order chi connectivity index (χ1) is 7.15. The number of anilines is 1. The van der Waals surface area contributed by atoms with Crippen molar-refractivity contribution < 1.29 is 4.79 Å². The third-order valence-corrected chi connectivity index (χ3v) is 2.42. The number of carbonyl (C=O) groups excluding carboxylic acids is 1. The molecule has 0 saturated carbocycles. The number of hydrogen-bond donors (Lipinski definition) is 2. The van der Waals surface area contributed by atoms with Gasteiger partial charge in [-0.15, -0.1) is 0 Å². The fourth-order valence-corrected chi connectivity index (χ4v) is 1.44. The summed E-state index contributed by atoms with van der Waals surface area (Å²) in [6.07, 6.45) is 2.22. The number of amides is 1. The maximum Gasteiger partial charge on any atom is 0.250 e. The van der Waals surface area contributed by atoms with Crippen LogP contribution < -0.4 is 11.1 Å². The van der Waals surface area contributed by atoms with Gasteiger partial charge in [0.25, 0.3) is 0 Å². The van der Waals surface area contributed by atoms with E-state index in [1.54, 1.807) is 12.1 Å².